The van der Waals surface area contributed by atoms with Crippen LogP contribution in [0.4, 0.5) is 0 Å². The molecule has 4 nitrogen and oxygen atoms in total. The summed E-state index contributed by atoms with van der Waals surface area (Å²) >= 11 is 1.53. The molecule has 0 radical (unpaired) electrons. The van der Waals surface area contributed by atoms with Crippen LogP contribution in [-0.4, -0.2) is 23.3 Å². The molecule has 4 aromatic rings. The molecule has 142 valence electrons. The van der Waals surface area contributed by atoms with E-state index in [0.717, 1.165) is 27.3 Å². The molecule has 0 aliphatic carbocycles. The van der Waals surface area contributed by atoms with Crippen LogP contribution >= 0.6 is 11.3 Å². The Morgan fingerprint density at radius 1 is 1.00 bits per heavy atom. The minimum absolute atomic E-state index is 0.0160. The number of fused-ring (bicyclic) bond motifs is 1. The molecule has 0 saturated heterocycles. The molecule has 0 atom stereocenters. The maximum absolute atomic E-state index is 13.2. The number of hydrogen-bond donors (Lipinski definition) is 0. The molecule has 0 saturated carbocycles. The van der Waals surface area contributed by atoms with E-state index in [1.54, 1.807) is 11.7 Å². The Morgan fingerprint density at radius 2 is 1.68 bits per heavy atom. The third-order valence-electron chi connectivity index (χ3n) is 4.91. The molecule has 0 N–H and O–H groups in total. The molecule has 0 aliphatic heterocycles. The van der Waals surface area contributed by atoms with E-state index < -0.39 is 0 Å². The topological polar surface area (TPSA) is 44.1 Å². The first-order chi connectivity index (χ1) is 13.7. The molecule has 0 unspecified atom stereocenters. The zero-order valence-electron chi connectivity index (χ0n) is 16.0. The predicted octanol–water partition coefficient (Wildman–Crippen LogP) is 5.00. The lowest BCUT2D eigenvalue weighted by molar-refractivity contribution is 0.185. The second-order valence-corrected chi connectivity index (χ2v) is 7.46. The van der Waals surface area contributed by atoms with E-state index in [1.165, 1.54) is 16.9 Å². The van der Waals surface area contributed by atoms with Crippen molar-refractivity contribution in [3.63, 3.8) is 0 Å². The Balaban J connectivity index is 1.80. The van der Waals surface area contributed by atoms with Gasteiger partial charge in [0.05, 0.1) is 18.5 Å². The minimum atomic E-state index is 0.0160. The van der Waals surface area contributed by atoms with Crippen molar-refractivity contribution in [2.24, 2.45) is 0 Å². The van der Waals surface area contributed by atoms with E-state index in [-0.39, 0.29) is 5.56 Å². The number of aryl methyl sites for hydroxylation is 1. The van der Waals surface area contributed by atoms with Gasteiger partial charge < -0.3 is 4.74 Å². The highest BCUT2D eigenvalue weighted by Gasteiger charge is 2.16. The van der Waals surface area contributed by atoms with Crippen LogP contribution < -0.4 is 5.56 Å². The molecule has 2 aromatic heterocycles. The number of thiophene rings is 1. The number of hydrogen-bond acceptors (Lipinski definition) is 4. The van der Waals surface area contributed by atoms with Gasteiger partial charge in [0.25, 0.3) is 5.56 Å². The van der Waals surface area contributed by atoms with Crippen molar-refractivity contribution >= 4 is 21.6 Å². The normalized spacial score (nSPS) is 11.2. The highest BCUT2D eigenvalue weighted by Crippen LogP contribution is 2.32. The second kappa shape index (κ2) is 8.09. The van der Waals surface area contributed by atoms with E-state index in [2.05, 4.69) is 36.4 Å². The summed E-state index contributed by atoms with van der Waals surface area (Å²) in [5.74, 6) is 0.808. The van der Waals surface area contributed by atoms with E-state index in [0.29, 0.717) is 25.0 Å². The minimum Gasteiger partial charge on any atom is -0.383 e. The van der Waals surface area contributed by atoms with E-state index in [1.807, 2.05) is 30.5 Å². The van der Waals surface area contributed by atoms with Crippen LogP contribution in [0.25, 0.3) is 32.5 Å². The first-order valence-electron chi connectivity index (χ1n) is 9.38. The van der Waals surface area contributed by atoms with Gasteiger partial charge in [-0.05, 0) is 16.7 Å². The van der Waals surface area contributed by atoms with Crippen molar-refractivity contribution in [3.8, 4) is 22.3 Å². The van der Waals surface area contributed by atoms with E-state index in [4.69, 9.17) is 9.72 Å². The molecule has 2 aromatic carbocycles. The first kappa shape index (κ1) is 18.6. The van der Waals surface area contributed by atoms with Crippen LogP contribution in [0.3, 0.4) is 0 Å². The summed E-state index contributed by atoms with van der Waals surface area (Å²) in [5.41, 5.74) is 4.34. The molecule has 0 spiro atoms. The lowest BCUT2D eigenvalue weighted by Gasteiger charge is -2.11. The summed E-state index contributed by atoms with van der Waals surface area (Å²) in [4.78, 5) is 18.8. The molecule has 0 amide bonds. The van der Waals surface area contributed by atoms with Crippen LogP contribution in [0.15, 0.2) is 64.8 Å². The van der Waals surface area contributed by atoms with E-state index in [9.17, 15) is 4.79 Å². The van der Waals surface area contributed by atoms with Gasteiger partial charge in [0, 0.05) is 24.5 Å². The van der Waals surface area contributed by atoms with Gasteiger partial charge in [-0.3, -0.25) is 9.36 Å². The number of methoxy groups -OCH3 is 1. The van der Waals surface area contributed by atoms with Gasteiger partial charge in [-0.2, -0.15) is 0 Å². The standard InChI is InChI=1S/C23H22N2O2S/c1-3-20-24-22-21(23(26)25(20)13-14-27-2)19(15-28-22)18-11-9-17(10-12-18)16-7-5-4-6-8-16/h4-12,15H,3,13-14H2,1-2H3. The maximum Gasteiger partial charge on any atom is 0.262 e. The molecule has 2 heterocycles. The molecule has 0 bridgehead atoms. The average Bonchev–Trinajstić information content (AvgIpc) is 3.18. The first-order valence-corrected chi connectivity index (χ1v) is 10.3. The summed E-state index contributed by atoms with van der Waals surface area (Å²) in [6.45, 7) is 3.03. The van der Waals surface area contributed by atoms with Gasteiger partial charge in [0.1, 0.15) is 10.7 Å². The van der Waals surface area contributed by atoms with Crippen molar-refractivity contribution in [1.29, 1.82) is 0 Å². The monoisotopic (exact) mass is 390 g/mol. The Hall–Kier alpha value is -2.76. The van der Waals surface area contributed by atoms with Crippen molar-refractivity contribution in [2.75, 3.05) is 13.7 Å². The van der Waals surface area contributed by atoms with Crippen molar-refractivity contribution in [1.82, 2.24) is 9.55 Å². The summed E-state index contributed by atoms with van der Waals surface area (Å²) in [7, 11) is 1.65. The zero-order valence-corrected chi connectivity index (χ0v) is 16.8. The number of benzene rings is 2. The van der Waals surface area contributed by atoms with Crippen LogP contribution in [0.2, 0.25) is 0 Å². The molecule has 28 heavy (non-hydrogen) atoms. The van der Waals surface area contributed by atoms with Gasteiger partial charge in [0.2, 0.25) is 0 Å². The smallest absolute Gasteiger partial charge is 0.262 e. The average molecular weight is 391 g/mol. The van der Waals surface area contributed by atoms with Gasteiger partial charge in [0.15, 0.2) is 0 Å². The summed E-state index contributed by atoms with van der Waals surface area (Å²) in [5, 5.41) is 2.74. The second-order valence-electron chi connectivity index (χ2n) is 6.60. The number of nitrogens with zero attached hydrogens (tertiary/aromatic N) is 2. The third kappa shape index (κ3) is 3.39. The molecular weight excluding hydrogens is 368 g/mol. The lowest BCUT2D eigenvalue weighted by atomic mass is 10.0. The van der Waals surface area contributed by atoms with Crippen molar-refractivity contribution < 1.29 is 4.74 Å². The fraction of sp³-hybridized carbons (Fsp3) is 0.217. The Labute approximate surface area is 168 Å². The maximum atomic E-state index is 13.2. The third-order valence-corrected chi connectivity index (χ3v) is 5.78. The van der Waals surface area contributed by atoms with Crippen LogP contribution in [-0.2, 0) is 17.7 Å². The number of rotatable bonds is 6. The predicted molar refractivity (Wildman–Crippen MR) is 116 cm³/mol. The molecule has 0 aliphatic rings. The zero-order chi connectivity index (χ0) is 19.5. The fourth-order valence-corrected chi connectivity index (χ4v) is 4.39. The number of aromatic nitrogens is 2. The van der Waals surface area contributed by atoms with Gasteiger partial charge >= 0.3 is 0 Å². The van der Waals surface area contributed by atoms with E-state index >= 15 is 0 Å². The van der Waals surface area contributed by atoms with Crippen molar-refractivity contribution in [2.45, 2.75) is 19.9 Å². The van der Waals surface area contributed by atoms with Crippen molar-refractivity contribution in [3.05, 3.63) is 76.2 Å². The lowest BCUT2D eigenvalue weighted by Crippen LogP contribution is -2.26. The molecule has 4 rings (SSSR count). The number of ether oxygens (including phenoxy) is 1. The highest BCUT2D eigenvalue weighted by molar-refractivity contribution is 7.17. The largest absolute Gasteiger partial charge is 0.383 e. The Kier molecular flexibility index (Phi) is 5.37. The van der Waals surface area contributed by atoms with Gasteiger partial charge in [-0.25, -0.2) is 4.98 Å². The summed E-state index contributed by atoms with van der Waals surface area (Å²) in [6, 6.07) is 18.6. The van der Waals surface area contributed by atoms with Crippen LogP contribution in [0.5, 0.6) is 0 Å². The highest BCUT2D eigenvalue weighted by atomic mass is 32.1. The fourth-order valence-electron chi connectivity index (χ4n) is 3.43. The quantitative estimate of drug-likeness (QED) is 0.465. The Morgan fingerprint density at radius 3 is 2.36 bits per heavy atom. The molecular formula is C23H22N2O2S. The molecule has 5 heteroatoms. The summed E-state index contributed by atoms with van der Waals surface area (Å²) in [6.07, 6.45) is 0.716. The summed E-state index contributed by atoms with van der Waals surface area (Å²) < 4.78 is 6.93. The van der Waals surface area contributed by atoms with Gasteiger partial charge in [-0.15, -0.1) is 11.3 Å². The Bertz CT molecular complexity index is 1150. The molecule has 0 fully saturated rings. The van der Waals surface area contributed by atoms with Crippen LogP contribution in [0.1, 0.15) is 12.7 Å². The SMILES string of the molecule is CCc1nc2scc(-c3ccc(-c4ccccc4)cc3)c2c(=O)n1CCOC. The van der Waals surface area contributed by atoms with Gasteiger partial charge in [-0.1, -0.05) is 61.5 Å². The van der Waals surface area contributed by atoms with Crippen LogP contribution in [0, 0.1) is 0 Å².